The number of nitrogens with two attached hydrogens (primary N) is 1. The van der Waals surface area contributed by atoms with E-state index in [1.807, 2.05) is 31.2 Å². The van der Waals surface area contributed by atoms with Crippen LogP contribution in [0.1, 0.15) is 5.56 Å². The summed E-state index contributed by atoms with van der Waals surface area (Å²) in [6.07, 6.45) is 1.63. The molecule has 90 valence electrons. The minimum Gasteiger partial charge on any atom is -0.397 e. The van der Waals surface area contributed by atoms with Gasteiger partial charge in [0.1, 0.15) is 5.69 Å². The summed E-state index contributed by atoms with van der Waals surface area (Å²) < 4.78 is 1.04. The summed E-state index contributed by atoms with van der Waals surface area (Å²) in [7, 11) is 0. The number of pyridine rings is 1. The number of rotatable bonds is 1. The maximum atomic E-state index is 5.62. The van der Waals surface area contributed by atoms with E-state index in [1.165, 1.54) is 0 Å². The fourth-order valence-corrected chi connectivity index (χ4v) is 2.49. The van der Waals surface area contributed by atoms with E-state index < -0.39 is 0 Å². The molecule has 0 fully saturated rings. The number of hydrogen-bond donors (Lipinski definition) is 2. The van der Waals surface area contributed by atoms with Crippen molar-refractivity contribution in [1.82, 2.24) is 15.0 Å². The van der Waals surface area contributed by atoms with Crippen LogP contribution in [0.4, 0.5) is 5.69 Å². The van der Waals surface area contributed by atoms with Crippen molar-refractivity contribution in [2.45, 2.75) is 6.92 Å². The Bertz CT molecular complexity index is 716. The van der Waals surface area contributed by atoms with E-state index in [9.17, 15) is 0 Å². The van der Waals surface area contributed by atoms with Crippen LogP contribution in [0.3, 0.4) is 0 Å². The number of halogens is 1. The molecule has 0 aliphatic heterocycles. The first-order valence-corrected chi connectivity index (χ1v) is 6.30. The summed E-state index contributed by atoms with van der Waals surface area (Å²) in [4.78, 5) is 12.1. The first-order chi connectivity index (χ1) is 8.63. The van der Waals surface area contributed by atoms with Gasteiger partial charge in [-0.2, -0.15) is 0 Å². The van der Waals surface area contributed by atoms with Gasteiger partial charge in [-0.25, -0.2) is 4.98 Å². The summed E-state index contributed by atoms with van der Waals surface area (Å²) in [5.74, 6) is 0.756. The quantitative estimate of drug-likeness (QED) is 0.725. The average Bonchev–Trinajstić information content (AvgIpc) is 2.74. The molecule has 0 aliphatic carbocycles. The molecule has 0 bridgehead atoms. The molecule has 5 heteroatoms. The second-order valence-corrected chi connectivity index (χ2v) is 5.10. The van der Waals surface area contributed by atoms with Crippen LogP contribution in [0.5, 0.6) is 0 Å². The summed E-state index contributed by atoms with van der Waals surface area (Å²) in [5, 5.41) is 0. The first-order valence-electron chi connectivity index (χ1n) is 5.51. The number of imidazole rings is 1. The number of hydrogen-bond acceptors (Lipinski definition) is 3. The van der Waals surface area contributed by atoms with Crippen molar-refractivity contribution in [2.75, 3.05) is 5.73 Å². The second kappa shape index (κ2) is 4.10. The van der Waals surface area contributed by atoms with E-state index in [1.54, 1.807) is 6.20 Å². The molecule has 0 amide bonds. The van der Waals surface area contributed by atoms with E-state index in [2.05, 4.69) is 30.9 Å². The summed E-state index contributed by atoms with van der Waals surface area (Å²) >= 11 is 3.48. The SMILES string of the molecule is Cc1cc(Br)cc2[nH]c(-c3ccc(N)cn3)nc12. The summed E-state index contributed by atoms with van der Waals surface area (Å²) in [5.41, 5.74) is 10.1. The Hall–Kier alpha value is -1.88. The lowest BCUT2D eigenvalue weighted by Gasteiger charge is -1.95. The highest BCUT2D eigenvalue weighted by Crippen LogP contribution is 2.25. The van der Waals surface area contributed by atoms with E-state index in [-0.39, 0.29) is 0 Å². The van der Waals surface area contributed by atoms with Crippen molar-refractivity contribution in [3.05, 3.63) is 40.5 Å². The fourth-order valence-electron chi connectivity index (χ4n) is 1.91. The topological polar surface area (TPSA) is 67.6 Å². The lowest BCUT2D eigenvalue weighted by atomic mass is 10.2. The third-order valence-corrected chi connectivity index (χ3v) is 3.23. The summed E-state index contributed by atoms with van der Waals surface area (Å²) in [6, 6.07) is 7.73. The Morgan fingerprint density at radius 3 is 2.83 bits per heavy atom. The molecule has 3 rings (SSSR count). The minimum atomic E-state index is 0.647. The molecule has 18 heavy (non-hydrogen) atoms. The number of anilines is 1. The Labute approximate surface area is 112 Å². The average molecular weight is 303 g/mol. The predicted molar refractivity (Wildman–Crippen MR) is 76.2 cm³/mol. The molecule has 0 saturated carbocycles. The molecule has 2 aromatic heterocycles. The number of aromatic nitrogens is 3. The number of fused-ring (bicyclic) bond motifs is 1. The third kappa shape index (κ3) is 1.86. The van der Waals surface area contributed by atoms with Crippen molar-refractivity contribution in [3.63, 3.8) is 0 Å². The Balaban J connectivity index is 2.19. The van der Waals surface area contributed by atoms with E-state index >= 15 is 0 Å². The van der Waals surface area contributed by atoms with Gasteiger partial charge in [-0.1, -0.05) is 15.9 Å². The maximum Gasteiger partial charge on any atom is 0.157 e. The van der Waals surface area contributed by atoms with Crippen molar-refractivity contribution >= 4 is 32.7 Å². The van der Waals surface area contributed by atoms with Gasteiger partial charge in [0.05, 0.1) is 22.9 Å². The van der Waals surface area contributed by atoms with Crippen molar-refractivity contribution in [2.24, 2.45) is 0 Å². The molecular formula is C13H11BrN4. The zero-order valence-corrected chi connectivity index (χ0v) is 11.3. The normalized spacial score (nSPS) is 11.0. The van der Waals surface area contributed by atoms with Crippen LogP contribution in [0.25, 0.3) is 22.6 Å². The minimum absolute atomic E-state index is 0.647. The van der Waals surface area contributed by atoms with Gasteiger partial charge in [0.25, 0.3) is 0 Å². The molecule has 0 aliphatic rings. The molecule has 2 heterocycles. The van der Waals surface area contributed by atoms with Crippen molar-refractivity contribution < 1.29 is 0 Å². The molecule has 0 radical (unpaired) electrons. The Kier molecular flexibility index (Phi) is 2.56. The number of H-pyrrole nitrogens is 1. The molecule has 4 nitrogen and oxygen atoms in total. The highest BCUT2D eigenvalue weighted by molar-refractivity contribution is 9.10. The van der Waals surface area contributed by atoms with E-state index in [4.69, 9.17) is 5.73 Å². The lowest BCUT2D eigenvalue weighted by molar-refractivity contribution is 1.24. The molecule has 1 aromatic carbocycles. The number of nitrogens with one attached hydrogen (secondary N) is 1. The van der Waals surface area contributed by atoms with E-state index in [0.717, 1.165) is 32.6 Å². The second-order valence-electron chi connectivity index (χ2n) is 4.18. The lowest BCUT2D eigenvalue weighted by Crippen LogP contribution is -1.89. The fraction of sp³-hybridized carbons (Fsp3) is 0.0769. The standard InChI is InChI=1S/C13H11BrN4/c1-7-4-8(14)5-11-12(7)18-13(17-11)10-3-2-9(15)6-16-10/h2-6H,15H2,1H3,(H,17,18). The number of nitrogens with zero attached hydrogens (tertiary/aromatic N) is 2. The van der Waals surface area contributed by atoms with Crippen LogP contribution < -0.4 is 5.73 Å². The van der Waals surface area contributed by atoms with E-state index in [0.29, 0.717) is 5.69 Å². The molecule has 0 spiro atoms. The van der Waals surface area contributed by atoms with Gasteiger partial charge in [0.15, 0.2) is 5.82 Å². The van der Waals surface area contributed by atoms with Gasteiger partial charge in [0, 0.05) is 4.47 Å². The van der Waals surface area contributed by atoms with Crippen LogP contribution in [-0.4, -0.2) is 15.0 Å². The Morgan fingerprint density at radius 1 is 1.28 bits per heavy atom. The third-order valence-electron chi connectivity index (χ3n) is 2.77. The Morgan fingerprint density at radius 2 is 2.11 bits per heavy atom. The predicted octanol–water partition coefficient (Wildman–Crippen LogP) is 3.28. The highest BCUT2D eigenvalue weighted by atomic mass is 79.9. The monoisotopic (exact) mass is 302 g/mol. The van der Waals surface area contributed by atoms with Gasteiger partial charge in [0.2, 0.25) is 0 Å². The van der Waals surface area contributed by atoms with Gasteiger partial charge in [-0.15, -0.1) is 0 Å². The number of aryl methyl sites for hydroxylation is 1. The first kappa shape index (κ1) is 11.2. The zero-order chi connectivity index (χ0) is 12.7. The summed E-state index contributed by atoms with van der Waals surface area (Å²) in [6.45, 7) is 2.04. The van der Waals surface area contributed by atoms with Crippen LogP contribution in [0.2, 0.25) is 0 Å². The van der Waals surface area contributed by atoms with Gasteiger partial charge < -0.3 is 10.7 Å². The number of nitrogen functional groups attached to an aromatic ring is 1. The van der Waals surface area contributed by atoms with Crippen LogP contribution >= 0.6 is 15.9 Å². The maximum absolute atomic E-state index is 5.62. The molecule has 3 N–H and O–H groups in total. The largest absolute Gasteiger partial charge is 0.397 e. The molecule has 0 atom stereocenters. The van der Waals surface area contributed by atoms with Gasteiger partial charge in [-0.3, -0.25) is 4.98 Å². The highest BCUT2D eigenvalue weighted by Gasteiger charge is 2.08. The van der Waals surface area contributed by atoms with Crippen LogP contribution in [0.15, 0.2) is 34.9 Å². The van der Waals surface area contributed by atoms with Gasteiger partial charge in [-0.05, 0) is 36.8 Å². The van der Waals surface area contributed by atoms with Crippen LogP contribution in [-0.2, 0) is 0 Å². The molecule has 0 saturated heterocycles. The smallest absolute Gasteiger partial charge is 0.157 e. The number of aromatic amines is 1. The van der Waals surface area contributed by atoms with Crippen molar-refractivity contribution in [1.29, 1.82) is 0 Å². The molecule has 3 aromatic rings. The van der Waals surface area contributed by atoms with Crippen LogP contribution in [0, 0.1) is 6.92 Å². The van der Waals surface area contributed by atoms with Crippen molar-refractivity contribution in [3.8, 4) is 11.5 Å². The molecule has 0 unspecified atom stereocenters. The van der Waals surface area contributed by atoms with Gasteiger partial charge >= 0.3 is 0 Å². The zero-order valence-electron chi connectivity index (χ0n) is 9.74. The number of benzene rings is 1. The molecular weight excluding hydrogens is 292 g/mol.